The maximum atomic E-state index is 11.0. The van der Waals surface area contributed by atoms with Gasteiger partial charge in [-0.3, -0.25) is 0 Å². The molecule has 0 aromatic carbocycles. The lowest BCUT2D eigenvalue weighted by Crippen LogP contribution is -2.28. The molecular formula is C8H17NO2. The van der Waals surface area contributed by atoms with Crippen LogP contribution in [0, 0.1) is 5.92 Å². The Hall–Kier alpha value is -0.730. The standard InChI is InChI=1S/C8H17NO2/c1-6(2)7(3)11-8(10)9(4)5/h6-7H,1-5H3. The maximum absolute atomic E-state index is 11.0. The van der Waals surface area contributed by atoms with Gasteiger partial charge < -0.3 is 9.64 Å². The third kappa shape index (κ3) is 3.86. The summed E-state index contributed by atoms with van der Waals surface area (Å²) in [5.74, 6) is 0.374. The summed E-state index contributed by atoms with van der Waals surface area (Å²) in [4.78, 5) is 12.4. The van der Waals surface area contributed by atoms with Crippen LogP contribution in [0.15, 0.2) is 0 Å². The molecule has 0 spiro atoms. The molecule has 66 valence electrons. The summed E-state index contributed by atoms with van der Waals surface area (Å²) in [7, 11) is 3.35. The van der Waals surface area contributed by atoms with Gasteiger partial charge in [0.2, 0.25) is 0 Å². The van der Waals surface area contributed by atoms with Gasteiger partial charge in [0, 0.05) is 14.1 Å². The molecule has 0 rings (SSSR count). The lowest BCUT2D eigenvalue weighted by molar-refractivity contribution is 0.0615. The minimum absolute atomic E-state index is 0.00935. The molecule has 0 aromatic heterocycles. The van der Waals surface area contributed by atoms with Gasteiger partial charge in [0.15, 0.2) is 0 Å². The number of amides is 1. The van der Waals surface area contributed by atoms with Crippen LogP contribution in [0.3, 0.4) is 0 Å². The molecule has 0 saturated carbocycles. The van der Waals surface area contributed by atoms with Gasteiger partial charge in [0.05, 0.1) is 0 Å². The number of ether oxygens (including phenoxy) is 1. The number of carbonyl (C=O) groups excluding carboxylic acids is 1. The molecule has 0 bridgehead atoms. The minimum atomic E-state index is -0.272. The topological polar surface area (TPSA) is 29.5 Å². The molecule has 1 atom stereocenters. The summed E-state index contributed by atoms with van der Waals surface area (Å²) in [5, 5.41) is 0. The molecule has 0 heterocycles. The second kappa shape index (κ2) is 4.21. The van der Waals surface area contributed by atoms with Crippen molar-refractivity contribution in [3.8, 4) is 0 Å². The molecule has 0 aliphatic carbocycles. The van der Waals surface area contributed by atoms with Crippen LogP contribution in [0.1, 0.15) is 20.8 Å². The number of nitrogens with zero attached hydrogens (tertiary/aromatic N) is 1. The second-order valence-corrected chi connectivity index (χ2v) is 3.23. The largest absolute Gasteiger partial charge is 0.446 e. The maximum Gasteiger partial charge on any atom is 0.409 e. The van der Waals surface area contributed by atoms with E-state index in [0.717, 1.165) is 0 Å². The molecule has 0 aliphatic rings. The molecule has 0 aromatic rings. The van der Waals surface area contributed by atoms with Gasteiger partial charge in [-0.2, -0.15) is 0 Å². The van der Waals surface area contributed by atoms with Crippen LogP contribution < -0.4 is 0 Å². The zero-order chi connectivity index (χ0) is 9.02. The first-order valence-corrected chi connectivity index (χ1v) is 3.83. The normalized spacial score (nSPS) is 12.9. The van der Waals surface area contributed by atoms with Gasteiger partial charge in [0.1, 0.15) is 6.10 Å². The van der Waals surface area contributed by atoms with Crippen molar-refractivity contribution >= 4 is 6.09 Å². The minimum Gasteiger partial charge on any atom is -0.446 e. The molecule has 1 unspecified atom stereocenters. The van der Waals surface area contributed by atoms with Gasteiger partial charge in [-0.15, -0.1) is 0 Å². The summed E-state index contributed by atoms with van der Waals surface area (Å²) in [6.07, 6.45) is -0.281. The van der Waals surface area contributed by atoms with E-state index in [4.69, 9.17) is 4.74 Å². The number of rotatable bonds is 2. The van der Waals surface area contributed by atoms with Crippen molar-refractivity contribution in [2.24, 2.45) is 5.92 Å². The van der Waals surface area contributed by atoms with Crippen molar-refractivity contribution in [2.45, 2.75) is 26.9 Å². The number of hydrogen-bond donors (Lipinski definition) is 0. The summed E-state index contributed by atoms with van der Waals surface area (Å²) in [6, 6.07) is 0. The van der Waals surface area contributed by atoms with Gasteiger partial charge in [-0.25, -0.2) is 4.79 Å². The van der Waals surface area contributed by atoms with E-state index in [9.17, 15) is 4.79 Å². The van der Waals surface area contributed by atoms with Crippen molar-refractivity contribution in [3.05, 3.63) is 0 Å². The van der Waals surface area contributed by atoms with Gasteiger partial charge in [-0.1, -0.05) is 13.8 Å². The monoisotopic (exact) mass is 159 g/mol. The highest BCUT2D eigenvalue weighted by Crippen LogP contribution is 2.06. The average Bonchev–Trinajstić information content (AvgIpc) is 1.87. The second-order valence-electron chi connectivity index (χ2n) is 3.23. The summed E-state index contributed by atoms with van der Waals surface area (Å²) in [6.45, 7) is 5.94. The van der Waals surface area contributed by atoms with Crippen LogP contribution >= 0.6 is 0 Å². The molecule has 0 N–H and O–H groups in total. The quantitative estimate of drug-likeness (QED) is 0.614. The van der Waals surface area contributed by atoms with Crippen molar-refractivity contribution in [2.75, 3.05) is 14.1 Å². The molecule has 1 amide bonds. The Morgan fingerprint density at radius 3 is 2.00 bits per heavy atom. The fourth-order valence-electron chi connectivity index (χ4n) is 0.401. The molecule has 0 fully saturated rings. The van der Waals surface area contributed by atoms with E-state index in [-0.39, 0.29) is 12.2 Å². The van der Waals surface area contributed by atoms with Crippen LogP contribution in [0.4, 0.5) is 4.79 Å². The zero-order valence-corrected chi connectivity index (χ0v) is 7.92. The summed E-state index contributed by atoms with van der Waals surface area (Å²) < 4.78 is 5.06. The fraction of sp³-hybridized carbons (Fsp3) is 0.875. The van der Waals surface area contributed by atoms with Crippen LogP contribution in [0.5, 0.6) is 0 Å². The highest BCUT2D eigenvalue weighted by molar-refractivity contribution is 5.66. The Bertz CT molecular complexity index is 132. The first-order valence-electron chi connectivity index (χ1n) is 3.83. The van der Waals surface area contributed by atoms with Crippen LogP contribution in [0.2, 0.25) is 0 Å². The lowest BCUT2D eigenvalue weighted by atomic mass is 10.1. The average molecular weight is 159 g/mol. The van der Waals surface area contributed by atoms with Gasteiger partial charge in [0.25, 0.3) is 0 Å². The Morgan fingerprint density at radius 1 is 1.27 bits per heavy atom. The third-order valence-electron chi connectivity index (χ3n) is 1.59. The molecule has 0 radical (unpaired) electrons. The highest BCUT2D eigenvalue weighted by Gasteiger charge is 2.13. The SMILES string of the molecule is CC(C)C(C)OC(=O)N(C)C. The van der Waals surface area contributed by atoms with E-state index < -0.39 is 0 Å². The van der Waals surface area contributed by atoms with E-state index in [1.165, 1.54) is 4.90 Å². The first-order chi connectivity index (χ1) is 4.95. The van der Waals surface area contributed by atoms with Crippen molar-refractivity contribution in [3.63, 3.8) is 0 Å². The smallest absolute Gasteiger partial charge is 0.409 e. The predicted molar refractivity (Wildman–Crippen MR) is 44.5 cm³/mol. The molecule has 3 heteroatoms. The first kappa shape index (κ1) is 10.3. The van der Waals surface area contributed by atoms with E-state index in [0.29, 0.717) is 5.92 Å². The van der Waals surface area contributed by atoms with E-state index >= 15 is 0 Å². The van der Waals surface area contributed by atoms with Crippen molar-refractivity contribution < 1.29 is 9.53 Å². The van der Waals surface area contributed by atoms with Crippen LogP contribution in [0.25, 0.3) is 0 Å². The fourth-order valence-corrected chi connectivity index (χ4v) is 0.401. The summed E-state index contributed by atoms with van der Waals surface area (Å²) >= 11 is 0. The van der Waals surface area contributed by atoms with Gasteiger partial charge >= 0.3 is 6.09 Å². The third-order valence-corrected chi connectivity index (χ3v) is 1.59. The van der Waals surface area contributed by atoms with E-state index in [1.54, 1.807) is 14.1 Å². The van der Waals surface area contributed by atoms with E-state index in [2.05, 4.69) is 0 Å². The lowest BCUT2D eigenvalue weighted by Gasteiger charge is -2.19. The Balaban J connectivity index is 3.76. The molecule has 0 saturated heterocycles. The number of carbonyl (C=O) groups is 1. The molecule has 0 aliphatic heterocycles. The van der Waals surface area contributed by atoms with Crippen molar-refractivity contribution in [1.29, 1.82) is 0 Å². The molecule has 11 heavy (non-hydrogen) atoms. The Labute approximate surface area is 68.3 Å². The van der Waals surface area contributed by atoms with Crippen molar-refractivity contribution in [1.82, 2.24) is 4.90 Å². The highest BCUT2D eigenvalue weighted by atomic mass is 16.6. The Morgan fingerprint density at radius 2 is 1.73 bits per heavy atom. The zero-order valence-electron chi connectivity index (χ0n) is 7.92. The predicted octanol–water partition coefficient (Wildman–Crippen LogP) is 1.73. The molecular weight excluding hydrogens is 142 g/mol. The van der Waals surface area contributed by atoms with Gasteiger partial charge in [-0.05, 0) is 12.8 Å². The number of hydrogen-bond acceptors (Lipinski definition) is 2. The Kier molecular flexibility index (Phi) is 3.93. The van der Waals surface area contributed by atoms with E-state index in [1.807, 2.05) is 20.8 Å². The molecule has 3 nitrogen and oxygen atoms in total. The van der Waals surface area contributed by atoms with Crippen LogP contribution in [-0.4, -0.2) is 31.2 Å². The van der Waals surface area contributed by atoms with Crippen LogP contribution in [-0.2, 0) is 4.74 Å². The summed E-state index contributed by atoms with van der Waals surface area (Å²) in [5.41, 5.74) is 0.